The van der Waals surface area contributed by atoms with Crippen LogP contribution in [0.25, 0.3) is 0 Å². The van der Waals surface area contributed by atoms with Gasteiger partial charge in [0.25, 0.3) is 0 Å². The van der Waals surface area contributed by atoms with Crippen molar-refractivity contribution in [2.75, 3.05) is 26.4 Å². The number of rotatable bonds is 33. The minimum Gasteiger partial charge on any atom is -0.462 e. The van der Waals surface area contributed by atoms with Gasteiger partial charge in [-0.05, 0) is 12.8 Å². The van der Waals surface area contributed by atoms with E-state index in [4.69, 9.17) is 24.3 Å². The fourth-order valence-electron chi connectivity index (χ4n) is 4.87. The van der Waals surface area contributed by atoms with Crippen molar-refractivity contribution in [3.63, 3.8) is 0 Å². The first-order valence-electron chi connectivity index (χ1n) is 17.5. The van der Waals surface area contributed by atoms with Crippen molar-refractivity contribution in [2.45, 2.75) is 174 Å². The average Bonchev–Trinajstić information content (AvgIpc) is 2.99. The summed E-state index contributed by atoms with van der Waals surface area (Å²) in [7, 11) is -4.35. The molecule has 0 aromatic rings. The normalized spacial score (nSPS) is 13.2. The molecule has 0 aliphatic rings. The van der Waals surface area contributed by atoms with E-state index in [0.29, 0.717) is 6.42 Å². The van der Waals surface area contributed by atoms with E-state index in [9.17, 15) is 19.0 Å². The first-order chi connectivity index (χ1) is 20.8. The van der Waals surface area contributed by atoms with Crippen LogP contribution in [0.1, 0.15) is 168 Å². The summed E-state index contributed by atoms with van der Waals surface area (Å²) in [5, 5.41) is 0. The Morgan fingerprint density at radius 3 is 1.41 bits per heavy atom. The third-order valence-corrected chi connectivity index (χ3v) is 8.48. The molecule has 264 valence electrons. The smallest absolute Gasteiger partial charge is 0.462 e. The van der Waals surface area contributed by atoms with E-state index in [1.165, 1.54) is 103 Å². The molecule has 0 aromatic heterocycles. The van der Waals surface area contributed by atoms with E-state index in [0.717, 1.165) is 32.1 Å². The third kappa shape index (κ3) is 33.7. The Labute approximate surface area is 301 Å². The van der Waals surface area contributed by atoms with Gasteiger partial charge in [0.15, 0.2) is 6.10 Å². The number of hydrogen-bond donors (Lipinski definition) is 2. The Balaban J connectivity index is 0. The minimum absolute atomic E-state index is 0. The molecule has 0 bridgehead atoms. The Morgan fingerprint density at radius 2 is 1.00 bits per heavy atom. The van der Waals surface area contributed by atoms with E-state index in [1.54, 1.807) is 0 Å². The largest absolute Gasteiger partial charge is 0.472 e. The molecule has 0 aromatic carbocycles. The molecule has 0 radical (unpaired) electrons. The summed E-state index contributed by atoms with van der Waals surface area (Å²) in [6, 6.07) is 0. The molecule has 0 saturated carbocycles. The number of esters is 2. The number of nitrogens with two attached hydrogens (primary N) is 1. The van der Waals surface area contributed by atoms with E-state index in [-0.39, 0.29) is 78.5 Å². The Hall–Kier alpha value is 0.335. The summed E-state index contributed by atoms with van der Waals surface area (Å²) < 4.78 is 32.5. The summed E-state index contributed by atoms with van der Waals surface area (Å²) in [6.45, 7) is 3.71. The number of carbonyl (C=O) groups is 2. The SMILES string of the molecule is CCCCCCCCCCCCCC(=O)OC[C@H](COP(=O)(O)OCCN)OC(=O)CCCCCCCCCCCCC.[Gd]. The van der Waals surface area contributed by atoms with Gasteiger partial charge in [0.05, 0.1) is 13.2 Å². The number of phosphoric acid groups is 1. The maximum Gasteiger partial charge on any atom is 0.472 e. The summed E-state index contributed by atoms with van der Waals surface area (Å²) in [4.78, 5) is 34.5. The number of ether oxygens (including phenoxy) is 2. The van der Waals surface area contributed by atoms with Gasteiger partial charge in [-0.2, -0.15) is 0 Å². The number of carbonyl (C=O) groups excluding carboxylic acids is 2. The Bertz CT molecular complexity index is 701. The van der Waals surface area contributed by atoms with Crippen molar-refractivity contribution in [1.29, 1.82) is 0 Å². The topological polar surface area (TPSA) is 134 Å². The fourth-order valence-corrected chi connectivity index (χ4v) is 5.63. The maximum absolute atomic E-state index is 12.4. The zero-order valence-electron chi connectivity index (χ0n) is 28.1. The second kappa shape index (κ2) is 34.7. The van der Waals surface area contributed by atoms with Crippen LogP contribution >= 0.6 is 7.82 Å². The predicted molar refractivity (Wildman–Crippen MR) is 174 cm³/mol. The van der Waals surface area contributed by atoms with Crippen molar-refractivity contribution in [3.05, 3.63) is 0 Å². The predicted octanol–water partition coefficient (Wildman–Crippen LogP) is 8.94. The third-order valence-electron chi connectivity index (χ3n) is 7.49. The molecular weight excluding hydrogens is 727 g/mol. The summed E-state index contributed by atoms with van der Waals surface area (Å²) in [5.41, 5.74) is 5.31. The van der Waals surface area contributed by atoms with Gasteiger partial charge in [-0.3, -0.25) is 18.6 Å². The van der Waals surface area contributed by atoms with Gasteiger partial charge < -0.3 is 20.1 Å². The van der Waals surface area contributed by atoms with E-state index < -0.39 is 26.5 Å². The van der Waals surface area contributed by atoms with Crippen molar-refractivity contribution < 1.29 is 77.5 Å². The van der Waals surface area contributed by atoms with Gasteiger partial charge in [0, 0.05) is 59.3 Å². The molecule has 9 nitrogen and oxygen atoms in total. The molecule has 0 rings (SSSR count). The molecule has 0 aliphatic carbocycles. The van der Waals surface area contributed by atoms with Gasteiger partial charge in [-0.15, -0.1) is 0 Å². The molecule has 1 unspecified atom stereocenters. The first-order valence-corrected chi connectivity index (χ1v) is 19.0. The molecular formula is C33H66GdNO8P. The second-order valence-corrected chi connectivity index (χ2v) is 13.2. The van der Waals surface area contributed by atoms with Gasteiger partial charge in [0.1, 0.15) is 6.61 Å². The molecule has 2 atom stereocenters. The van der Waals surface area contributed by atoms with Crippen molar-refractivity contribution >= 4 is 19.8 Å². The van der Waals surface area contributed by atoms with Crippen LogP contribution in [0.3, 0.4) is 0 Å². The number of phosphoric ester groups is 1. The van der Waals surface area contributed by atoms with Gasteiger partial charge >= 0.3 is 19.8 Å². The van der Waals surface area contributed by atoms with Gasteiger partial charge in [-0.1, -0.05) is 142 Å². The van der Waals surface area contributed by atoms with Crippen LogP contribution in [0.4, 0.5) is 0 Å². The first kappa shape index (κ1) is 46.5. The number of unbranched alkanes of at least 4 members (excludes halogenated alkanes) is 20. The molecule has 0 heterocycles. The molecule has 0 amide bonds. The number of hydrogen-bond acceptors (Lipinski definition) is 8. The van der Waals surface area contributed by atoms with E-state index in [2.05, 4.69) is 13.8 Å². The fraction of sp³-hybridized carbons (Fsp3) is 0.939. The van der Waals surface area contributed by atoms with Crippen LogP contribution in [0.5, 0.6) is 0 Å². The molecule has 3 N–H and O–H groups in total. The second-order valence-electron chi connectivity index (χ2n) is 11.8. The summed E-state index contributed by atoms with van der Waals surface area (Å²) >= 11 is 0. The molecule has 0 aliphatic heterocycles. The van der Waals surface area contributed by atoms with Crippen LogP contribution in [-0.2, 0) is 32.7 Å². The van der Waals surface area contributed by atoms with E-state index >= 15 is 0 Å². The molecule has 11 heteroatoms. The summed E-state index contributed by atoms with van der Waals surface area (Å²) in [6.07, 6.45) is 25.6. The van der Waals surface area contributed by atoms with Crippen LogP contribution in [0.2, 0.25) is 0 Å². The summed E-state index contributed by atoms with van der Waals surface area (Å²) in [5.74, 6) is -0.824. The molecule has 0 fully saturated rings. The van der Waals surface area contributed by atoms with Crippen LogP contribution in [0, 0.1) is 39.9 Å². The van der Waals surface area contributed by atoms with Crippen molar-refractivity contribution in [3.8, 4) is 0 Å². The Morgan fingerprint density at radius 1 is 0.614 bits per heavy atom. The minimum atomic E-state index is -4.35. The zero-order chi connectivity index (χ0) is 31.9. The van der Waals surface area contributed by atoms with Crippen LogP contribution < -0.4 is 5.73 Å². The van der Waals surface area contributed by atoms with Gasteiger partial charge in [-0.25, -0.2) is 4.57 Å². The molecule has 0 saturated heterocycles. The quantitative estimate of drug-likeness (QED) is 0.0380. The van der Waals surface area contributed by atoms with Crippen molar-refractivity contribution in [1.82, 2.24) is 0 Å². The standard InChI is InChI=1S/C33H66NO8P.Gd/c1-3-5-7-9-11-13-15-17-19-21-23-25-32(35)39-29-31(30-41-43(37,38)40-28-27-34)42-33(36)26-24-22-20-18-16-14-12-10-8-6-4-2;/h31H,3-30,34H2,1-2H3,(H,37,38);/t31-;/m1./s1. The zero-order valence-corrected chi connectivity index (χ0v) is 31.2. The van der Waals surface area contributed by atoms with Crippen molar-refractivity contribution in [2.24, 2.45) is 5.73 Å². The molecule has 44 heavy (non-hydrogen) atoms. The van der Waals surface area contributed by atoms with Crippen LogP contribution in [0.15, 0.2) is 0 Å². The Kier molecular flexibility index (Phi) is 36.6. The van der Waals surface area contributed by atoms with Crippen LogP contribution in [-0.4, -0.2) is 49.3 Å². The average molecular weight is 793 g/mol. The van der Waals surface area contributed by atoms with Gasteiger partial charge in [0.2, 0.25) is 0 Å². The maximum atomic E-state index is 12.4. The van der Waals surface area contributed by atoms with E-state index in [1.807, 2.05) is 0 Å². The monoisotopic (exact) mass is 793 g/mol. The molecule has 0 spiro atoms.